The van der Waals surface area contributed by atoms with E-state index in [0.717, 1.165) is 67.8 Å². The van der Waals surface area contributed by atoms with Crippen LogP contribution in [0.15, 0.2) is 83.7 Å². The Morgan fingerprint density at radius 1 is 0.879 bits per heavy atom. The fraction of sp³-hybridized carbons (Fsp3) is 0.296. The van der Waals surface area contributed by atoms with Crippen molar-refractivity contribution < 1.29 is 4.39 Å². The highest BCUT2D eigenvalue weighted by Crippen LogP contribution is 2.27. The van der Waals surface area contributed by atoms with Crippen LogP contribution >= 0.6 is 0 Å². The molecule has 0 aliphatic carbocycles. The Kier molecular flexibility index (Phi) is 6.26. The number of anilines is 2. The summed E-state index contributed by atoms with van der Waals surface area (Å²) < 4.78 is 15.4. The van der Waals surface area contributed by atoms with Crippen LogP contribution in [0.4, 0.5) is 15.8 Å². The number of benzene rings is 3. The molecule has 170 valence electrons. The summed E-state index contributed by atoms with van der Waals surface area (Å²) >= 11 is 0. The Bertz CT molecular complexity index is 1240. The Morgan fingerprint density at radius 2 is 1.55 bits per heavy atom. The molecule has 0 unspecified atom stereocenters. The standard InChI is InChI=1S/C27H29FN4O/c28-21-11-13-23(14-12-21)31(22-7-2-1-3-8-22)18-6-17-30-19-15-24(16-20-30)32-26-10-5-4-9-25(26)29-27(32)33/h1-5,7-14,24H,6,15-20H2,(H,29,33). The van der Waals surface area contributed by atoms with Gasteiger partial charge in [0.1, 0.15) is 5.82 Å². The van der Waals surface area contributed by atoms with Crippen molar-refractivity contribution in [3.63, 3.8) is 0 Å². The molecule has 0 saturated carbocycles. The first-order valence-corrected chi connectivity index (χ1v) is 11.7. The minimum Gasteiger partial charge on any atom is -0.341 e. The van der Waals surface area contributed by atoms with Crippen LogP contribution in [0.2, 0.25) is 0 Å². The fourth-order valence-corrected chi connectivity index (χ4v) is 4.93. The van der Waals surface area contributed by atoms with Gasteiger partial charge in [0, 0.05) is 37.1 Å². The van der Waals surface area contributed by atoms with Gasteiger partial charge in [-0.3, -0.25) is 4.57 Å². The van der Waals surface area contributed by atoms with Crippen LogP contribution in [0.1, 0.15) is 25.3 Å². The number of fused-ring (bicyclic) bond motifs is 1. The second kappa shape index (κ2) is 9.63. The number of hydrogen-bond donors (Lipinski definition) is 1. The van der Waals surface area contributed by atoms with Gasteiger partial charge in [-0.05, 0) is 74.3 Å². The van der Waals surface area contributed by atoms with Crippen LogP contribution in [0.25, 0.3) is 11.0 Å². The molecule has 1 saturated heterocycles. The highest BCUT2D eigenvalue weighted by atomic mass is 19.1. The van der Waals surface area contributed by atoms with E-state index >= 15 is 0 Å². The molecule has 5 nitrogen and oxygen atoms in total. The largest absolute Gasteiger partial charge is 0.341 e. The summed E-state index contributed by atoms with van der Waals surface area (Å²) in [5.41, 5.74) is 4.01. The van der Waals surface area contributed by atoms with E-state index in [1.54, 1.807) is 0 Å². The van der Waals surface area contributed by atoms with E-state index in [0.29, 0.717) is 0 Å². The molecule has 2 heterocycles. The Balaban J connectivity index is 1.20. The number of piperidine rings is 1. The molecule has 5 rings (SSSR count). The smallest absolute Gasteiger partial charge is 0.326 e. The van der Waals surface area contributed by atoms with Gasteiger partial charge in [-0.15, -0.1) is 0 Å². The second-order valence-corrected chi connectivity index (χ2v) is 8.71. The lowest BCUT2D eigenvalue weighted by molar-refractivity contribution is 0.186. The third-order valence-corrected chi connectivity index (χ3v) is 6.61. The van der Waals surface area contributed by atoms with Crippen molar-refractivity contribution in [2.45, 2.75) is 25.3 Å². The maximum absolute atomic E-state index is 13.4. The number of likely N-dealkylation sites (tertiary alicyclic amines) is 1. The normalized spacial score (nSPS) is 15.2. The summed E-state index contributed by atoms with van der Waals surface area (Å²) in [6.45, 7) is 3.83. The number of H-pyrrole nitrogens is 1. The zero-order valence-corrected chi connectivity index (χ0v) is 18.7. The monoisotopic (exact) mass is 444 g/mol. The Labute approximate surface area is 193 Å². The molecule has 1 aliphatic rings. The summed E-state index contributed by atoms with van der Waals surface area (Å²) in [6, 6.07) is 25.1. The Hall–Kier alpha value is -3.38. The quantitative estimate of drug-likeness (QED) is 0.419. The zero-order valence-electron chi connectivity index (χ0n) is 18.7. The van der Waals surface area contributed by atoms with Crippen LogP contribution in [-0.4, -0.2) is 40.6 Å². The number of rotatable bonds is 7. The van der Waals surface area contributed by atoms with Gasteiger partial charge in [-0.25, -0.2) is 9.18 Å². The molecule has 1 aromatic heterocycles. The molecule has 0 atom stereocenters. The van der Waals surface area contributed by atoms with E-state index in [1.807, 2.05) is 59.2 Å². The molecule has 1 aliphatic heterocycles. The van der Waals surface area contributed by atoms with E-state index in [1.165, 1.54) is 12.1 Å². The lowest BCUT2D eigenvalue weighted by Crippen LogP contribution is -2.38. The molecule has 0 amide bonds. The fourth-order valence-electron chi connectivity index (χ4n) is 4.93. The van der Waals surface area contributed by atoms with Crippen LogP contribution in [0.5, 0.6) is 0 Å². The maximum atomic E-state index is 13.4. The number of aromatic amines is 1. The summed E-state index contributed by atoms with van der Waals surface area (Å²) in [5.74, 6) is -0.219. The minimum atomic E-state index is -0.219. The molecule has 6 heteroatoms. The number of imidazole rings is 1. The van der Waals surface area contributed by atoms with Crippen molar-refractivity contribution >= 4 is 22.4 Å². The molecule has 0 radical (unpaired) electrons. The highest BCUT2D eigenvalue weighted by molar-refractivity contribution is 5.75. The van der Waals surface area contributed by atoms with E-state index in [2.05, 4.69) is 26.9 Å². The molecule has 0 spiro atoms. The third-order valence-electron chi connectivity index (χ3n) is 6.61. The van der Waals surface area contributed by atoms with E-state index in [9.17, 15) is 9.18 Å². The summed E-state index contributed by atoms with van der Waals surface area (Å²) in [7, 11) is 0. The summed E-state index contributed by atoms with van der Waals surface area (Å²) in [6.07, 6.45) is 2.95. The Morgan fingerprint density at radius 3 is 2.30 bits per heavy atom. The lowest BCUT2D eigenvalue weighted by atomic mass is 10.0. The second-order valence-electron chi connectivity index (χ2n) is 8.71. The van der Waals surface area contributed by atoms with E-state index in [-0.39, 0.29) is 17.5 Å². The van der Waals surface area contributed by atoms with Crippen molar-refractivity contribution in [2.24, 2.45) is 0 Å². The number of nitrogens with one attached hydrogen (secondary N) is 1. The first-order valence-electron chi connectivity index (χ1n) is 11.7. The van der Waals surface area contributed by atoms with Gasteiger partial charge in [0.05, 0.1) is 11.0 Å². The predicted octanol–water partition coefficient (Wildman–Crippen LogP) is 5.33. The van der Waals surface area contributed by atoms with Crippen molar-refractivity contribution in [3.05, 3.63) is 95.2 Å². The first kappa shape index (κ1) is 21.5. The topological polar surface area (TPSA) is 44.3 Å². The molecular formula is C27H29FN4O. The predicted molar refractivity (Wildman–Crippen MR) is 132 cm³/mol. The highest BCUT2D eigenvalue weighted by Gasteiger charge is 2.23. The number of halogens is 1. The van der Waals surface area contributed by atoms with Gasteiger partial charge in [-0.1, -0.05) is 30.3 Å². The average Bonchev–Trinajstić information content (AvgIpc) is 3.19. The van der Waals surface area contributed by atoms with E-state index in [4.69, 9.17) is 0 Å². The maximum Gasteiger partial charge on any atom is 0.326 e. The number of aromatic nitrogens is 2. The van der Waals surface area contributed by atoms with Crippen molar-refractivity contribution in [3.8, 4) is 0 Å². The van der Waals surface area contributed by atoms with Crippen LogP contribution < -0.4 is 10.6 Å². The number of nitrogens with zero attached hydrogens (tertiary/aromatic N) is 3. The SMILES string of the molecule is O=c1[nH]c2ccccc2n1C1CCN(CCCN(c2ccccc2)c2ccc(F)cc2)CC1. The molecule has 0 bridgehead atoms. The number of hydrogen-bond acceptors (Lipinski definition) is 3. The van der Waals surface area contributed by atoms with Crippen molar-refractivity contribution in [2.75, 3.05) is 31.1 Å². The first-order chi connectivity index (χ1) is 16.2. The molecule has 1 fully saturated rings. The van der Waals surface area contributed by atoms with Crippen LogP contribution in [0.3, 0.4) is 0 Å². The van der Waals surface area contributed by atoms with Gasteiger partial charge in [0.25, 0.3) is 0 Å². The van der Waals surface area contributed by atoms with Gasteiger partial charge in [-0.2, -0.15) is 0 Å². The van der Waals surface area contributed by atoms with Gasteiger partial charge in [0.15, 0.2) is 0 Å². The molecule has 33 heavy (non-hydrogen) atoms. The number of para-hydroxylation sites is 3. The molecule has 1 N–H and O–H groups in total. The molecular weight excluding hydrogens is 415 g/mol. The van der Waals surface area contributed by atoms with Crippen LogP contribution in [0, 0.1) is 5.82 Å². The zero-order chi connectivity index (χ0) is 22.6. The molecule has 4 aromatic rings. The summed E-state index contributed by atoms with van der Waals surface area (Å²) in [4.78, 5) is 20.2. The third kappa shape index (κ3) is 4.71. The van der Waals surface area contributed by atoms with Gasteiger partial charge in [0.2, 0.25) is 0 Å². The lowest BCUT2D eigenvalue weighted by Gasteiger charge is -2.33. The van der Waals surface area contributed by atoms with Crippen molar-refractivity contribution in [1.82, 2.24) is 14.5 Å². The van der Waals surface area contributed by atoms with Gasteiger partial charge < -0.3 is 14.8 Å². The summed E-state index contributed by atoms with van der Waals surface area (Å²) in [5, 5.41) is 0. The molecule has 3 aromatic carbocycles. The van der Waals surface area contributed by atoms with Crippen LogP contribution in [-0.2, 0) is 0 Å². The minimum absolute atomic E-state index is 0.00699. The van der Waals surface area contributed by atoms with E-state index < -0.39 is 0 Å². The van der Waals surface area contributed by atoms with Gasteiger partial charge >= 0.3 is 5.69 Å². The van der Waals surface area contributed by atoms with Crippen molar-refractivity contribution in [1.29, 1.82) is 0 Å². The average molecular weight is 445 g/mol.